The lowest BCUT2D eigenvalue weighted by atomic mass is 10.00. The van der Waals surface area contributed by atoms with Gasteiger partial charge in [-0.3, -0.25) is 0 Å². The predicted molar refractivity (Wildman–Crippen MR) is 134 cm³/mol. The summed E-state index contributed by atoms with van der Waals surface area (Å²) in [6.45, 7) is 0.365. The number of alkyl halides is 3. The third-order valence-electron chi connectivity index (χ3n) is 6.72. The number of hydrogen-bond acceptors (Lipinski definition) is 6. The Morgan fingerprint density at radius 3 is 2.27 bits per heavy atom. The molecule has 2 aliphatic rings. The molecule has 2 aliphatic heterocycles. The summed E-state index contributed by atoms with van der Waals surface area (Å²) in [5.74, 6) is 0.260. The normalized spacial score (nSPS) is 23.5. The minimum absolute atomic E-state index is 0.152. The number of aliphatic hydroxyl groups excluding tert-OH is 1. The maximum absolute atomic E-state index is 14.1. The van der Waals surface area contributed by atoms with Gasteiger partial charge in [0.05, 0.1) is 35.5 Å². The molecule has 0 radical (unpaired) electrons. The van der Waals surface area contributed by atoms with Gasteiger partial charge in [0.15, 0.2) is 12.0 Å². The Morgan fingerprint density at radius 1 is 0.946 bits per heavy atom. The second kappa shape index (κ2) is 9.36. The zero-order valence-corrected chi connectivity index (χ0v) is 20.5. The van der Waals surface area contributed by atoms with Crippen LogP contribution in [0.3, 0.4) is 0 Å². The summed E-state index contributed by atoms with van der Waals surface area (Å²) in [5.41, 5.74) is 1.81. The molecule has 0 aliphatic carbocycles. The smallest absolute Gasteiger partial charge is 0.418 e. The predicted octanol–water partition coefficient (Wildman–Crippen LogP) is 5.54. The molecule has 0 spiro atoms. The second-order valence-electron chi connectivity index (χ2n) is 9.07. The van der Waals surface area contributed by atoms with E-state index in [4.69, 9.17) is 14.2 Å². The Bertz CT molecular complexity index is 1420. The number of aromatic nitrogens is 2. The highest BCUT2D eigenvalue weighted by atomic mass is 32.2. The Morgan fingerprint density at radius 2 is 1.59 bits per heavy atom. The number of fused-ring (bicyclic) bond motifs is 2. The average Bonchev–Trinajstić information content (AvgIpc) is 3.59. The van der Waals surface area contributed by atoms with Crippen molar-refractivity contribution in [3.05, 3.63) is 66.2 Å². The quantitative estimate of drug-likeness (QED) is 0.331. The number of aromatic amines is 1. The van der Waals surface area contributed by atoms with Crippen LogP contribution >= 0.6 is 11.8 Å². The van der Waals surface area contributed by atoms with Gasteiger partial charge in [-0.15, -0.1) is 11.8 Å². The van der Waals surface area contributed by atoms with Gasteiger partial charge in [-0.2, -0.15) is 13.2 Å². The Kier molecular flexibility index (Phi) is 6.15. The number of hydrogen-bond donors (Lipinski definition) is 2. The maximum atomic E-state index is 14.1. The number of nitrogens with one attached hydrogen (secondary N) is 1. The van der Waals surface area contributed by atoms with E-state index >= 15 is 0 Å². The molecule has 3 unspecified atom stereocenters. The molecule has 0 bridgehead atoms. The van der Waals surface area contributed by atoms with Gasteiger partial charge in [0.25, 0.3) is 0 Å². The van der Waals surface area contributed by atoms with Crippen molar-refractivity contribution in [3.8, 4) is 28.3 Å². The number of thioether (sulfide) groups is 1. The number of aliphatic hydroxyl groups is 1. The molecule has 2 aromatic heterocycles. The summed E-state index contributed by atoms with van der Waals surface area (Å²) in [5, 5.41) is 9.92. The van der Waals surface area contributed by atoms with Crippen LogP contribution in [0, 0.1) is 0 Å². The molecule has 6 nitrogen and oxygen atoms in total. The van der Waals surface area contributed by atoms with Crippen LogP contribution in [0.4, 0.5) is 13.2 Å². The van der Waals surface area contributed by atoms with Gasteiger partial charge < -0.3 is 24.3 Å². The molecule has 0 amide bonds. The largest absolute Gasteiger partial charge is 0.470 e. The Balaban J connectivity index is 1.31. The zero-order valence-electron chi connectivity index (χ0n) is 19.7. The van der Waals surface area contributed by atoms with Crippen molar-refractivity contribution in [2.75, 3.05) is 19.5 Å². The van der Waals surface area contributed by atoms with E-state index < -0.39 is 36.2 Å². The summed E-state index contributed by atoms with van der Waals surface area (Å²) < 4.78 is 59.2. The highest BCUT2D eigenvalue weighted by molar-refractivity contribution is 7.98. The first-order valence-corrected chi connectivity index (χ1v) is 13.0. The van der Waals surface area contributed by atoms with Gasteiger partial charge in [-0.1, -0.05) is 36.4 Å². The van der Waals surface area contributed by atoms with Crippen LogP contribution in [0.5, 0.6) is 5.88 Å². The van der Waals surface area contributed by atoms with E-state index in [0.29, 0.717) is 11.1 Å². The first-order chi connectivity index (χ1) is 17.8. The zero-order chi connectivity index (χ0) is 25.7. The lowest BCUT2D eigenvalue weighted by Crippen LogP contribution is -2.34. The van der Waals surface area contributed by atoms with Gasteiger partial charge in [-0.05, 0) is 35.6 Å². The van der Waals surface area contributed by atoms with Crippen molar-refractivity contribution in [1.29, 1.82) is 0 Å². The minimum atomic E-state index is -4.60. The van der Waals surface area contributed by atoms with Gasteiger partial charge in [0.2, 0.25) is 0 Å². The molecule has 10 heteroatoms. The van der Waals surface area contributed by atoms with Crippen molar-refractivity contribution in [3.63, 3.8) is 0 Å². The molecule has 4 aromatic rings. The van der Waals surface area contributed by atoms with E-state index in [2.05, 4.69) is 9.97 Å². The van der Waals surface area contributed by atoms with E-state index in [9.17, 15) is 18.3 Å². The van der Waals surface area contributed by atoms with Gasteiger partial charge in [-0.25, -0.2) is 4.98 Å². The summed E-state index contributed by atoms with van der Waals surface area (Å²) in [7, 11) is 0. The third kappa shape index (κ3) is 4.59. The lowest BCUT2D eigenvalue weighted by Gasteiger charge is -2.16. The van der Waals surface area contributed by atoms with E-state index in [1.165, 1.54) is 0 Å². The molecular formula is C27H23F3N2O4S. The maximum Gasteiger partial charge on any atom is 0.418 e. The fourth-order valence-corrected chi connectivity index (χ4v) is 5.25. The molecule has 2 N–H and O–H groups in total. The fraction of sp³-hybridized carbons (Fsp3) is 0.296. The Labute approximate surface area is 214 Å². The van der Waals surface area contributed by atoms with E-state index in [0.717, 1.165) is 22.1 Å². The van der Waals surface area contributed by atoms with E-state index in [1.54, 1.807) is 42.1 Å². The molecule has 6 rings (SSSR count). The van der Waals surface area contributed by atoms with Crippen LogP contribution < -0.4 is 4.74 Å². The third-order valence-corrected chi connectivity index (χ3v) is 7.47. The highest BCUT2D eigenvalue weighted by Crippen LogP contribution is 2.39. The van der Waals surface area contributed by atoms with Crippen LogP contribution in [0.2, 0.25) is 0 Å². The molecule has 2 aromatic carbocycles. The van der Waals surface area contributed by atoms with Crippen LogP contribution in [0.25, 0.3) is 33.4 Å². The SMILES string of the molecule is CSc1ccc(-c2ccc(-c3nc4cc(OC5COC6C(O)CO[C@H]56)[nH]c4cc3C(F)(F)F)cc2)cc1. The van der Waals surface area contributed by atoms with Crippen LogP contribution in [0.1, 0.15) is 5.56 Å². The van der Waals surface area contributed by atoms with Gasteiger partial charge in [0.1, 0.15) is 18.3 Å². The topological polar surface area (TPSA) is 76.6 Å². The molecule has 37 heavy (non-hydrogen) atoms. The van der Waals surface area contributed by atoms with Crippen molar-refractivity contribution in [2.24, 2.45) is 0 Å². The van der Waals surface area contributed by atoms with Crippen LogP contribution in [-0.4, -0.2) is 59.0 Å². The molecule has 2 fully saturated rings. The summed E-state index contributed by atoms with van der Waals surface area (Å²) in [6, 6.07) is 17.5. The molecular weight excluding hydrogens is 505 g/mol. The summed E-state index contributed by atoms with van der Waals surface area (Å²) >= 11 is 1.64. The first-order valence-electron chi connectivity index (χ1n) is 11.7. The lowest BCUT2D eigenvalue weighted by molar-refractivity contribution is -0.137. The molecule has 2 saturated heterocycles. The first kappa shape index (κ1) is 24.3. The van der Waals surface area contributed by atoms with Crippen LogP contribution in [0.15, 0.2) is 65.6 Å². The average molecular weight is 529 g/mol. The number of rotatable bonds is 5. The Hall–Kier alpha value is -3.05. The molecule has 4 heterocycles. The molecule has 192 valence electrons. The number of ether oxygens (including phenoxy) is 3. The number of benzene rings is 2. The van der Waals surface area contributed by atoms with Gasteiger partial charge in [0, 0.05) is 16.5 Å². The van der Waals surface area contributed by atoms with Crippen LogP contribution in [-0.2, 0) is 15.7 Å². The van der Waals surface area contributed by atoms with Crippen molar-refractivity contribution < 1.29 is 32.5 Å². The summed E-state index contributed by atoms with van der Waals surface area (Å²) in [6.07, 6.45) is -4.72. The fourth-order valence-electron chi connectivity index (χ4n) is 4.84. The van der Waals surface area contributed by atoms with E-state index in [-0.39, 0.29) is 30.3 Å². The summed E-state index contributed by atoms with van der Waals surface area (Å²) in [4.78, 5) is 8.39. The number of halogens is 3. The number of pyridine rings is 1. The van der Waals surface area contributed by atoms with Crippen molar-refractivity contribution >= 4 is 22.8 Å². The number of H-pyrrole nitrogens is 1. The number of nitrogens with zero attached hydrogens (tertiary/aromatic N) is 1. The highest BCUT2D eigenvalue weighted by Gasteiger charge is 2.48. The monoisotopic (exact) mass is 528 g/mol. The van der Waals surface area contributed by atoms with Gasteiger partial charge >= 0.3 is 6.18 Å². The molecule has 0 saturated carbocycles. The van der Waals surface area contributed by atoms with E-state index in [1.807, 2.05) is 30.5 Å². The van der Waals surface area contributed by atoms with Crippen molar-refractivity contribution in [2.45, 2.75) is 35.5 Å². The molecule has 4 atom stereocenters. The standard InChI is InChI=1S/C27H23F3N2O4S/c1-37-17-8-6-15(7-9-17)14-2-4-16(5-3-14)24-18(27(28,29)30)10-19-20(32-24)11-23(31-19)36-22-13-35-25-21(33)12-34-26(22)25/h2-11,21-22,25-26,31,33H,12-13H2,1H3/t21?,22?,25?,26-/m1/s1. The minimum Gasteiger partial charge on any atom is -0.470 e. The second-order valence-corrected chi connectivity index (χ2v) is 9.95. The van der Waals surface area contributed by atoms with Crippen molar-refractivity contribution in [1.82, 2.24) is 9.97 Å².